The average Bonchev–Trinajstić information content (AvgIpc) is 2.63. The minimum Gasteiger partial charge on any atom is -0.370 e. The van der Waals surface area contributed by atoms with Gasteiger partial charge in [-0.3, -0.25) is 4.79 Å². The summed E-state index contributed by atoms with van der Waals surface area (Å²) >= 11 is 0. The van der Waals surface area contributed by atoms with Gasteiger partial charge in [0.05, 0.1) is 5.56 Å². The number of likely N-dealkylation sites (tertiary alicyclic amines) is 1. The Balaban J connectivity index is 1.99. The predicted octanol–water partition coefficient (Wildman–Crippen LogP) is 2.61. The Morgan fingerprint density at radius 1 is 1.36 bits per heavy atom. The normalized spacial score (nSPS) is 17.6. The van der Waals surface area contributed by atoms with E-state index in [0.29, 0.717) is 25.1 Å². The monoisotopic (exact) mass is 394 g/mol. The molecule has 0 saturated carbocycles. The highest BCUT2D eigenvalue weighted by Gasteiger charge is 2.29. The molecule has 2 rings (SSSR count). The Bertz CT molecular complexity index is 747. The molecule has 0 aliphatic carbocycles. The maximum Gasteiger partial charge on any atom is 0.416 e. The minimum absolute atomic E-state index is 0.216. The third-order valence-corrected chi connectivity index (χ3v) is 4.40. The Kier molecular flexibility index (Phi) is 7.73. The molecule has 1 heterocycles. The maximum atomic E-state index is 12.6. The number of carbonyl (C=O) groups is 1. The molecule has 8 heteroatoms. The summed E-state index contributed by atoms with van der Waals surface area (Å²) in [5.41, 5.74) is 5.12. The average molecular weight is 394 g/mol. The van der Waals surface area contributed by atoms with Crippen molar-refractivity contribution < 1.29 is 18.0 Å². The van der Waals surface area contributed by atoms with E-state index in [1.807, 2.05) is 6.92 Å². The van der Waals surface area contributed by atoms with E-state index in [0.717, 1.165) is 37.5 Å². The molecular formula is C20H25F3N4O. The van der Waals surface area contributed by atoms with Crippen LogP contribution in [0.3, 0.4) is 0 Å². The smallest absolute Gasteiger partial charge is 0.370 e. The van der Waals surface area contributed by atoms with Crippen molar-refractivity contribution >= 4 is 11.9 Å². The number of benzene rings is 1. The Hall–Kier alpha value is -2.69. The first kappa shape index (κ1) is 21.6. The first-order valence-corrected chi connectivity index (χ1v) is 9.27. The van der Waals surface area contributed by atoms with E-state index in [1.165, 1.54) is 12.1 Å². The van der Waals surface area contributed by atoms with Crippen molar-refractivity contribution in [2.45, 2.75) is 32.4 Å². The largest absolute Gasteiger partial charge is 0.416 e. The molecule has 1 unspecified atom stereocenters. The van der Waals surface area contributed by atoms with Crippen molar-refractivity contribution in [1.29, 1.82) is 0 Å². The fraction of sp³-hybridized carbons (Fsp3) is 0.500. The van der Waals surface area contributed by atoms with Crippen LogP contribution in [-0.4, -0.2) is 42.9 Å². The van der Waals surface area contributed by atoms with Crippen LogP contribution in [-0.2, 0) is 11.0 Å². The number of nitrogens with zero attached hydrogens (tertiary/aromatic N) is 2. The zero-order valence-corrected chi connectivity index (χ0v) is 15.9. The molecule has 0 bridgehead atoms. The molecule has 5 nitrogen and oxygen atoms in total. The number of hydrogen-bond acceptors (Lipinski definition) is 2. The van der Waals surface area contributed by atoms with E-state index < -0.39 is 11.7 Å². The lowest BCUT2D eigenvalue weighted by Crippen LogP contribution is -2.47. The van der Waals surface area contributed by atoms with E-state index in [-0.39, 0.29) is 18.4 Å². The number of piperidine rings is 1. The fourth-order valence-corrected chi connectivity index (χ4v) is 3.13. The standard InChI is InChI=1S/C20H25F3N4O/c1-2-25-19(27-12-4-6-16(14-27)13-18(24)28)26-11-3-5-15-7-9-17(10-8-15)20(21,22)23/h7-10,16H,2,4,6,11-14H2,1H3,(H2,24,28)(H,25,26). The van der Waals surface area contributed by atoms with Gasteiger partial charge < -0.3 is 16.0 Å². The molecule has 0 aromatic heterocycles. The lowest BCUT2D eigenvalue weighted by molar-refractivity contribution is -0.137. The quantitative estimate of drug-likeness (QED) is 0.469. The molecule has 1 aliphatic heterocycles. The number of aliphatic imine (C=N–C) groups is 1. The molecule has 1 aromatic carbocycles. The van der Waals surface area contributed by atoms with Gasteiger partial charge in [-0.2, -0.15) is 13.2 Å². The van der Waals surface area contributed by atoms with E-state index in [4.69, 9.17) is 5.73 Å². The number of nitrogens with one attached hydrogen (secondary N) is 1. The summed E-state index contributed by atoms with van der Waals surface area (Å²) in [6.07, 6.45) is -2.06. The lowest BCUT2D eigenvalue weighted by Gasteiger charge is -2.34. The number of amides is 1. The second-order valence-corrected chi connectivity index (χ2v) is 6.67. The van der Waals surface area contributed by atoms with Crippen molar-refractivity contribution in [2.75, 3.05) is 26.2 Å². The van der Waals surface area contributed by atoms with Crippen LogP contribution < -0.4 is 11.1 Å². The van der Waals surface area contributed by atoms with Gasteiger partial charge in [0.15, 0.2) is 5.96 Å². The van der Waals surface area contributed by atoms with Crippen LogP contribution in [0.2, 0.25) is 0 Å². The Morgan fingerprint density at radius 3 is 2.68 bits per heavy atom. The molecule has 1 aromatic rings. The van der Waals surface area contributed by atoms with Gasteiger partial charge in [-0.1, -0.05) is 11.8 Å². The maximum absolute atomic E-state index is 12.6. The molecule has 1 saturated heterocycles. The van der Waals surface area contributed by atoms with Crippen molar-refractivity contribution in [3.05, 3.63) is 35.4 Å². The summed E-state index contributed by atoms with van der Waals surface area (Å²) in [4.78, 5) is 17.8. The second kappa shape index (κ2) is 10.0. The first-order valence-electron chi connectivity index (χ1n) is 9.27. The number of primary amides is 1. The van der Waals surface area contributed by atoms with E-state index in [9.17, 15) is 18.0 Å². The zero-order chi connectivity index (χ0) is 20.6. The van der Waals surface area contributed by atoms with Crippen LogP contribution in [0, 0.1) is 17.8 Å². The summed E-state index contributed by atoms with van der Waals surface area (Å²) in [7, 11) is 0. The van der Waals surface area contributed by atoms with Crippen molar-refractivity contribution in [3.63, 3.8) is 0 Å². The molecule has 152 valence electrons. The van der Waals surface area contributed by atoms with Gasteiger partial charge in [0.2, 0.25) is 5.91 Å². The van der Waals surface area contributed by atoms with E-state index in [1.54, 1.807) is 0 Å². The van der Waals surface area contributed by atoms with Gasteiger partial charge in [0, 0.05) is 31.6 Å². The SMILES string of the molecule is CCNC(=NCC#Cc1ccc(C(F)(F)F)cc1)N1CCCC(CC(N)=O)C1. The molecule has 0 radical (unpaired) electrons. The first-order chi connectivity index (χ1) is 13.3. The van der Waals surface area contributed by atoms with Gasteiger partial charge in [-0.25, -0.2) is 4.99 Å². The summed E-state index contributed by atoms with van der Waals surface area (Å²) in [6, 6.07) is 4.74. The van der Waals surface area contributed by atoms with Crippen LogP contribution in [0.15, 0.2) is 29.3 Å². The van der Waals surface area contributed by atoms with Gasteiger partial charge in [-0.05, 0) is 49.9 Å². The van der Waals surface area contributed by atoms with Crippen molar-refractivity contribution in [3.8, 4) is 11.8 Å². The third kappa shape index (κ3) is 6.80. The highest BCUT2D eigenvalue weighted by atomic mass is 19.4. The lowest BCUT2D eigenvalue weighted by atomic mass is 9.95. The number of hydrogen-bond donors (Lipinski definition) is 2. The van der Waals surface area contributed by atoms with Gasteiger partial charge >= 0.3 is 6.18 Å². The number of alkyl halides is 3. The minimum atomic E-state index is -4.35. The van der Waals surface area contributed by atoms with Crippen molar-refractivity contribution in [2.24, 2.45) is 16.6 Å². The third-order valence-electron chi connectivity index (χ3n) is 4.40. The molecule has 28 heavy (non-hydrogen) atoms. The molecule has 1 amide bonds. The van der Waals surface area contributed by atoms with Gasteiger partial charge in [0.25, 0.3) is 0 Å². The highest BCUT2D eigenvalue weighted by Crippen LogP contribution is 2.28. The number of guanidine groups is 1. The number of rotatable bonds is 4. The number of halogens is 3. The van der Waals surface area contributed by atoms with E-state index in [2.05, 4.69) is 27.0 Å². The number of carbonyl (C=O) groups excluding carboxylic acids is 1. The van der Waals surface area contributed by atoms with Crippen LogP contribution in [0.1, 0.15) is 37.3 Å². The number of nitrogens with two attached hydrogens (primary N) is 1. The van der Waals surface area contributed by atoms with Crippen LogP contribution >= 0.6 is 0 Å². The van der Waals surface area contributed by atoms with Crippen LogP contribution in [0.4, 0.5) is 13.2 Å². The highest BCUT2D eigenvalue weighted by molar-refractivity contribution is 5.80. The summed E-state index contributed by atoms with van der Waals surface area (Å²) in [6.45, 7) is 4.44. The van der Waals surface area contributed by atoms with Crippen LogP contribution in [0.5, 0.6) is 0 Å². The summed E-state index contributed by atoms with van der Waals surface area (Å²) < 4.78 is 37.7. The van der Waals surface area contributed by atoms with Gasteiger partial charge in [-0.15, -0.1) is 0 Å². The molecule has 1 fully saturated rings. The Labute approximate surface area is 163 Å². The zero-order valence-electron chi connectivity index (χ0n) is 15.9. The van der Waals surface area contributed by atoms with Crippen molar-refractivity contribution in [1.82, 2.24) is 10.2 Å². The molecular weight excluding hydrogens is 369 g/mol. The topological polar surface area (TPSA) is 70.7 Å². The summed E-state index contributed by atoms with van der Waals surface area (Å²) in [5, 5.41) is 3.22. The molecule has 1 atom stereocenters. The molecule has 0 spiro atoms. The Morgan fingerprint density at radius 2 is 2.07 bits per heavy atom. The molecule has 3 N–H and O–H groups in total. The second-order valence-electron chi connectivity index (χ2n) is 6.67. The summed E-state index contributed by atoms with van der Waals surface area (Å²) in [5.74, 6) is 6.34. The molecule has 1 aliphatic rings. The predicted molar refractivity (Wildman–Crippen MR) is 102 cm³/mol. The fourth-order valence-electron chi connectivity index (χ4n) is 3.13. The van der Waals surface area contributed by atoms with Crippen LogP contribution in [0.25, 0.3) is 0 Å². The van der Waals surface area contributed by atoms with E-state index >= 15 is 0 Å². The van der Waals surface area contributed by atoms with Gasteiger partial charge in [0.1, 0.15) is 6.54 Å².